The fourth-order valence-corrected chi connectivity index (χ4v) is 5.54. The van der Waals surface area contributed by atoms with Gasteiger partial charge in [-0.05, 0) is 49.2 Å². The molecular formula is C25H24F2N6O5S. The van der Waals surface area contributed by atoms with Crippen LogP contribution in [0.3, 0.4) is 0 Å². The molecule has 0 spiro atoms. The molecule has 0 radical (unpaired) electrons. The Morgan fingerprint density at radius 2 is 1.69 bits per heavy atom. The quantitative estimate of drug-likeness (QED) is 0.312. The summed E-state index contributed by atoms with van der Waals surface area (Å²) in [5.74, 6) is -4.31. The van der Waals surface area contributed by atoms with Crippen molar-refractivity contribution >= 4 is 39.1 Å². The van der Waals surface area contributed by atoms with Crippen molar-refractivity contribution in [3.8, 4) is 0 Å². The van der Waals surface area contributed by atoms with E-state index >= 15 is 0 Å². The van der Waals surface area contributed by atoms with E-state index in [1.165, 1.54) is 22.5 Å². The summed E-state index contributed by atoms with van der Waals surface area (Å²) in [5, 5.41) is 13.7. The fourth-order valence-electron chi connectivity index (χ4n) is 4.03. The highest BCUT2D eigenvalue weighted by molar-refractivity contribution is 7.89. The predicted octanol–water partition coefficient (Wildman–Crippen LogP) is 2.65. The van der Waals surface area contributed by atoms with Crippen LogP contribution >= 0.6 is 0 Å². The number of nitrogens with one attached hydrogen (secondary N) is 4. The zero-order valence-corrected chi connectivity index (χ0v) is 21.2. The highest BCUT2D eigenvalue weighted by Gasteiger charge is 2.31. The van der Waals surface area contributed by atoms with Crippen molar-refractivity contribution in [1.29, 1.82) is 0 Å². The van der Waals surface area contributed by atoms with E-state index in [1.54, 1.807) is 6.07 Å². The maximum atomic E-state index is 13.9. The number of amides is 3. The van der Waals surface area contributed by atoms with Gasteiger partial charge in [0.25, 0.3) is 11.8 Å². The molecule has 0 unspecified atom stereocenters. The first-order valence-corrected chi connectivity index (χ1v) is 13.2. The number of halogens is 2. The lowest BCUT2D eigenvalue weighted by atomic mass is 10.1. The van der Waals surface area contributed by atoms with Gasteiger partial charge >= 0.3 is 0 Å². The Morgan fingerprint density at radius 3 is 2.36 bits per heavy atom. The van der Waals surface area contributed by atoms with E-state index in [0.29, 0.717) is 18.5 Å². The SMILES string of the molecule is C=CC(=O)Nc1cccc(S(=O)(=O)N2CCC(NC(=O)c3[nH]ncc3NC(=O)c3c(F)cccc3F)CC2)c1. The molecule has 3 aromatic rings. The lowest BCUT2D eigenvalue weighted by molar-refractivity contribution is -0.111. The molecule has 14 heteroatoms. The predicted molar refractivity (Wildman–Crippen MR) is 137 cm³/mol. The van der Waals surface area contributed by atoms with Gasteiger partial charge in [0, 0.05) is 24.8 Å². The lowest BCUT2D eigenvalue weighted by Crippen LogP contribution is -2.46. The van der Waals surface area contributed by atoms with Crippen LogP contribution in [0.15, 0.2) is 66.2 Å². The van der Waals surface area contributed by atoms with Gasteiger partial charge in [0.2, 0.25) is 15.9 Å². The third-order valence-corrected chi connectivity index (χ3v) is 7.91. The number of nitrogens with zero attached hydrogens (tertiary/aromatic N) is 2. The number of aromatic amines is 1. The molecule has 11 nitrogen and oxygen atoms in total. The second-order valence-electron chi connectivity index (χ2n) is 8.58. The molecule has 4 N–H and O–H groups in total. The topological polar surface area (TPSA) is 153 Å². The van der Waals surface area contributed by atoms with Crippen molar-refractivity contribution in [2.75, 3.05) is 23.7 Å². The van der Waals surface area contributed by atoms with Crippen molar-refractivity contribution in [2.45, 2.75) is 23.8 Å². The Hall–Kier alpha value is -4.43. The first kappa shape index (κ1) is 27.6. The minimum atomic E-state index is -3.86. The minimum Gasteiger partial charge on any atom is -0.348 e. The first-order chi connectivity index (χ1) is 18.6. The van der Waals surface area contributed by atoms with E-state index < -0.39 is 51.0 Å². The molecule has 4 rings (SSSR count). The standard InChI is InChI=1S/C25H24F2N6O5S/c1-2-21(34)29-16-5-3-6-17(13-16)39(37,38)33-11-9-15(10-12-33)30-25(36)23-20(14-28-32-23)31-24(35)22-18(26)7-4-8-19(22)27/h2-8,13-15H,1,9-12H2,(H,28,32)(H,29,34)(H,30,36)(H,31,35). The maximum Gasteiger partial charge on any atom is 0.271 e. The van der Waals surface area contributed by atoms with Gasteiger partial charge in [-0.15, -0.1) is 0 Å². The molecule has 0 saturated carbocycles. The molecule has 3 amide bonds. The maximum absolute atomic E-state index is 13.9. The number of carbonyl (C=O) groups excluding carboxylic acids is 3. The number of rotatable bonds is 8. The van der Waals surface area contributed by atoms with Crippen LogP contribution in [0.5, 0.6) is 0 Å². The Kier molecular flexibility index (Phi) is 8.16. The van der Waals surface area contributed by atoms with E-state index in [2.05, 4.69) is 32.7 Å². The van der Waals surface area contributed by atoms with Crippen LogP contribution in [0.25, 0.3) is 0 Å². The van der Waals surface area contributed by atoms with E-state index in [9.17, 15) is 31.6 Å². The highest BCUT2D eigenvalue weighted by Crippen LogP contribution is 2.24. The van der Waals surface area contributed by atoms with Crippen molar-refractivity contribution in [3.63, 3.8) is 0 Å². The van der Waals surface area contributed by atoms with Crippen LogP contribution in [0, 0.1) is 11.6 Å². The number of sulfonamides is 1. The van der Waals surface area contributed by atoms with Gasteiger partial charge in [-0.2, -0.15) is 9.40 Å². The molecule has 1 aromatic heterocycles. The van der Waals surface area contributed by atoms with Crippen molar-refractivity contribution in [1.82, 2.24) is 19.8 Å². The van der Waals surface area contributed by atoms with E-state index in [1.807, 2.05) is 0 Å². The third-order valence-electron chi connectivity index (χ3n) is 6.02. The van der Waals surface area contributed by atoms with Gasteiger partial charge < -0.3 is 16.0 Å². The van der Waals surface area contributed by atoms with Crippen molar-refractivity contribution < 1.29 is 31.6 Å². The molecule has 1 aliphatic heterocycles. The summed E-state index contributed by atoms with van der Waals surface area (Å²) in [6.07, 6.45) is 2.80. The van der Waals surface area contributed by atoms with Gasteiger partial charge in [-0.1, -0.05) is 18.7 Å². The molecule has 204 valence electrons. The normalized spacial score (nSPS) is 14.4. The van der Waals surface area contributed by atoms with Gasteiger partial charge in [0.1, 0.15) is 22.9 Å². The average molecular weight is 559 g/mol. The number of piperidine rings is 1. The number of aromatic nitrogens is 2. The number of H-pyrrole nitrogens is 1. The molecule has 2 heterocycles. The zero-order chi connectivity index (χ0) is 28.2. The molecule has 0 atom stereocenters. The zero-order valence-electron chi connectivity index (χ0n) is 20.4. The number of hydrogen-bond acceptors (Lipinski definition) is 6. The number of anilines is 2. The van der Waals surface area contributed by atoms with Crippen LogP contribution in [-0.4, -0.2) is 59.8 Å². The third kappa shape index (κ3) is 6.18. The van der Waals surface area contributed by atoms with Crippen LogP contribution in [0.1, 0.15) is 33.7 Å². The van der Waals surface area contributed by atoms with E-state index in [4.69, 9.17) is 0 Å². The Labute approximate surface area is 222 Å². The largest absolute Gasteiger partial charge is 0.348 e. The molecule has 2 aromatic carbocycles. The van der Waals surface area contributed by atoms with Crippen molar-refractivity contribution in [2.24, 2.45) is 0 Å². The van der Waals surface area contributed by atoms with Crippen LogP contribution < -0.4 is 16.0 Å². The molecule has 0 bridgehead atoms. The average Bonchev–Trinajstić information content (AvgIpc) is 3.37. The van der Waals surface area contributed by atoms with Gasteiger partial charge in [-0.25, -0.2) is 17.2 Å². The van der Waals surface area contributed by atoms with Gasteiger partial charge in [0.05, 0.1) is 16.8 Å². The lowest BCUT2D eigenvalue weighted by Gasteiger charge is -2.31. The van der Waals surface area contributed by atoms with E-state index in [0.717, 1.165) is 30.5 Å². The molecular weight excluding hydrogens is 534 g/mol. The number of carbonyl (C=O) groups is 3. The molecule has 0 aliphatic carbocycles. The van der Waals surface area contributed by atoms with Crippen LogP contribution in [0.2, 0.25) is 0 Å². The summed E-state index contributed by atoms with van der Waals surface area (Å²) < 4.78 is 55.4. The summed E-state index contributed by atoms with van der Waals surface area (Å²) in [4.78, 5) is 36.8. The Balaban J connectivity index is 1.37. The minimum absolute atomic E-state index is 0.0102. The summed E-state index contributed by atoms with van der Waals surface area (Å²) >= 11 is 0. The van der Waals surface area contributed by atoms with Crippen LogP contribution in [-0.2, 0) is 14.8 Å². The monoisotopic (exact) mass is 558 g/mol. The fraction of sp³-hybridized carbons (Fsp3) is 0.200. The Morgan fingerprint density at radius 1 is 1.03 bits per heavy atom. The van der Waals surface area contributed by atoms with Gasteiger partial charge in [0.15, 0.2) is 0 Å². The smallest absolute Gasteiger partial charge is 0.271 e. The summed E-state index contributed by atoms with van der Waals surface area (Å²) in [7, 11) is -3.86. The first-order valence-electron chi connectivity index (χ1n) is 11.7. The van der Waals surface area contributed by atoms with Crippen molar-refractivity contribution in [3.05, 3.63) is 84.2 Å². The second kappa shape index (κ2) is 11.5. The summed E-state index contributed by atoms with van der Waals surface area (Å²) in [5.41, 5.74) is -0.701. The number of hydrogen-bond donors (Lipinski definition) is 4. The van der Waals surface area contributed by atoms with Crippen LogP contribution in [0.4, 0.5) is 20.2 Å². The van der Waals surface area contributed by atoms with E-state index in [-0.39, 0.29) is 29.4 Å². The molecule has 39 heavy (non-hydrogen) atoms. The summed E-state index contributed by atoms with van der Waals surface area (Å²) in [6.45, 7) is 3.60. The summed E-state index contributed by atoms with van der Waals surface area (Å²) in [6, 6.07) is 8.45. The molecule has 1 fully saturated rings. The second-order valence-corrected chi connectivity index (χ2v) is 10.5. The highest BCUT2D eigenvalue weighted by atomic mass is 32.2. The molecule has 1 saturated heterocycles. The van der Waals surface area contributed by atoms with Gasteiger partial charge in [-0.3, -0.25) is 19.5 Å². The molecule has 1 aliphatic rings. The Bertz CT molecular complexity index is 1510. The number of benzene rings is 2.